The fourth-order valence-corrected chi connectivity index (χ4v) is 1.54. The summed E-state index contributed by atoms with van der Waals surface area (Å²) in [5.74, 6) is -0.786. The maximum absolute atomic E-state index is 12.9. The van der Waals surface area contributed by atoms with Gasteiger partial charge in [-0.15, -0.1) is 0 Å². The summed E-state index contributed by atoms with van der Waals surface area (Å²) in [6.07, 6.45) is -2.92. The Morgan fingerprint density at radius 1 is 1.25 bits per heavy atom. The highest BCUT2D eigenvalue weighted by molar-refractivity contribution is 5.77. The van der Waals surface area contributed by atoms with Gasteiger partial charge in [-0.2, -0.15) is 14.0 Å². The molecule has 0 aliphatic rings. The third-order valence-electron chi connectivity index (χ3n) is 2.66. The molecule has 0 aromatic heterocycles. The van der Waals surface area contributed by atoms with Crippen molar-refractivity contribution >= 4 is 11.9 Å². The minimum absolute atomic E-state index is 0.0458. The van der Waals surface area contributed by atoms with E-state index < -0.39 is 17.9 Å². The van der Waals surface area contributed by atoms with E-state index in [0.29, 0.717) is 18.7 Å². The molecule has 20 heavy (non-hydrogen) atoms. The van der Waals surface area contributed by atoms with Crippen molar-refractivity contribution in [1.82, 2.24) is 4.90 Å². The monoisotopic (exact) mass is 280 g/mol. The predicted molar refractivity (Wildman–Crippen MR) is 69.7 cm³/mol. The first-order valence-corrected chi connectivity index (χ1v) is 6.06. The van der Waals surface area contributed by atoms with Crippen LogP contribution in [-0.4, -0.2) is 24.1 Å². The van der Waals surface area contributed by atoms with Gasteiger partial charge in [-0.3, -0.25) is 0 Å². The van der Waals surface area contributed by atoms with E-state index in [1.54, 1.807) is 13.8 Å². The maximum Gasteiger partial charge on any atom is 0.415 e. The standard InChI is InChI=1S/C14H14F2N2O2/c1-3-18(4-2)14(19)20-12(13(15)16)11-7-5-10(9-17)6-8-11/h5-8H,3-4H2,1-2H3. The van der Waals surface area contributed by atoms with Crippen LogP contribution in [0.1, 0.15) is 25.0 Å². The highest BCUT2D eigenvalue weighted by atomic mass is 19.3. The van der Waals surface area contributed by atoms with Crippen molar-refractivity contribution in [3.05, 3.63) is 41.5 Å². The zero-order chi connectivity index (χ0) is 15.1. The first-order chi connectivity index (χ1) is 9.53. The number of nitriles is 1. The summed E-state index contributed by atoms with van der Waals surface area (Å²) in [5.41, 5.74) is 0.381. The molecule has 1 amide bonds. The predicted octanol–water partition coefficient (Wildman–Crippen LogP) is 3.60. The lowest BCUT2D eigenvalue weighted by Crippen LogP contribution is -2.30. The highest BCUT2D eigenvalue weighted by Crippen LogP contribution is 2.23. The van der Waals surface area contributed by atoms with Gasteiger partial charge in [-0.25, -0.2) is 4.79 Å². The molecule has 0 fully saturated rings. The number of amides is 1. The first kappa shape index (κ1) is 15.6. The normalized spacial score (nSPS) is 9.55. The van der Waals surface area contributed by atoms with Crippen molar-refractivity contribution in [2.45, 2.75) is 13.8 Å². The summed E-state index contributed by atoms with van der Waals surface area (Å²) in [6, 6.07) is 7.25. The molecule has 0 atom stereocenters. The SMILES string of the molecule is CCN(CC)C(=O)OC(=C(F)F)c1ccc(C#N)cc1. The Kier molecular flexibility index (Phi) is 5.66. The Morgan fingerprint density at radius 2 is 1.80 bits per heavy atom. The number of carbonyl (C=O) groups excluding carboxylic acids is 1. The van der Waals surface area contributed by atoms with E-state index in [2.05, 4.69) is 0 Å². The van der Waals surface area contributed by atoms with Crippen LogP contribution in [0.3, 0.4) is 0 Å². The zero-order valence-electron chi connectivity index (χ0n) is 11.2. The van der Waals surface area contributed by atoms with Gasteiger partial charge in [-0.1, -0.05) is 0 Å². The molecule has 4 nitrogen and oxygen atoms in total. The lowest BCUT2D eigenvalue weighted by Gasteiger charge is -2.18. The summed E-state index contributed by atoms with van der Waals surface area (Å²) in [7, 11) is 0. The second-order valence-electron chi connectivity index (χ2n) is 3.82. The Labute approximate surface area is 115 Å². The van der Waals surface area contributed by atoms with Crippen LogP contribution in [0.2, 0.25) is 0 Å². The molecule has 0 unspecified atom stereocenters. The smallest absolute Gasteiger partial charge is 0.404 e. The average Bonchev–Trinajstić information content (AvgIpc) is 2.46. The largest absolute Gasteiger partial charge is 0.415 e. The van der Waals surface area contributed by atoms with E-state index in [-0.39, 0.29) is 5.56 Å². The van der Waals surface area contributed by atoms with E-state index >= 15 is 0 Å². The Balaban J connectivity index is 2.99. The molecule has 106 valence electrons. The Morgan fingerprint density at radius 3 is 2.20 bits per heavy atom. The van der Waals surface area contributed by atoms with Crippen LogP contribution in [-0.2, 0) is 4.74 Å². The number of halogens is 2. The summed E-state index contributed by atoms with van der Waals surface area (Å²) in [6.45, 7) is 4.18. The molecule has 0 aliphatic heterocycles. The molecule has 0 N–H and O–H groups in total. The van der Waals surface area contributed by atoms with Gasteiger partial charge in [0.05, 0.1) is 11.6 Å². The fraction of sp³-hybridized carbons (Fsp3) is 0.286. The van der Waals surface area contributed by atoms with Crippen molar-refractivity contribution in [3.8, 4) is 6.07 Å². The number of ether oxygens (including phenoxy) is 1. The van der Waals surface area contributed by atoms with Crippen molar-refractivity contribution < 1.29 is 18.3 Å². The topological polar surface area (TPSA) is 53.3 Å². The number of nitrogens with zero attached hydrogens (tertiary/aromatic N) is 2. The number of rotatable bonds is 4. The fourth-order valence-electron chi connectivity index (χ4n) is 1.54. The second kappa shape index (κ2) is 7.24. The van der Waals surface area contributed by atoms with Crippen LogP contribution in [0, 0.1) is 11.3 Å². The highest BCUT2D eigenvalue weighted by Gasteiger charge is 2.19. The molecule has 0 spiro atoms. The molecular weight excluding hydrogens is 266 g/mol. The van der Waals surface area contributed by atoms with Crippen molar-refractivity contribution in [2.24, 2.45) is 0 Å². The lowest BCUT2D eigenvalue weighted by molar-refractivity contribution is 0.145. The molecule has 1 aromatic rings. The summed E-state index contributed by atoms with van der Waals surface area (Å²) < 4.78 is 30.6. The second-order valence-corrected chi connectivity index (χ2v) is 3.82. The number of hydrogen-bond donors (Lipinski definition) is 0. The molecule has 0 bridgehead atoms. The number of benzene rings is 1. The summed E-state index contributed by atoms with van der Waals surface area (Å²) in [4.78, 5) is 13.0. The van der Waals surface area contributed by atoms with Crippen LogP contribution in [0.4, 0.5) is 13.6 Å². The number of hydrogen-bond acceptors (Lipinski definition) is 3. The van der Waals surface area contributed by atoms with Crippen LogP contribution < -0.4 is 0 Å². The number of carbonyl (C=O) groups is 1. The lowest BCUT2D eigenvalue weighted by atomic mass is 10.1. The molecule has 0 heterocycles. The van der Waals surface area contributed by atoms with Gasteiger partial charge in [0.1, 0.15) is 0 Å². The van der Waals surface area contributed by atoms with Crippen LogP contribution in [0.25, 0.3) is 5.76 Å². The van der Waals surface area contributed by atoms with E-state index in [1.165, 1.54) is 29.2 Å². The Bertz CT molecular complexity index is 539. The van der Waals surface area contributed by atoms with Crippen LogP contribution in [0.15, 0.2) is 30.3 Å². The molecule has 0 saturated heterocycles. The van der Waals surface area contributed by atoms with E-state index in [0.717, 1.165) is 0 Å². The zero-order valence-corrected chi connectivity index (χ0v) is 11.2. The molecule has 0 radical (unpaired) electrons. The molecule has 0 saturated carbocycles. The van der Waals surface area contributed by atoms with Gasteiger partial charge in [0.15, 0.2) is 0 Å². The maximum atomic E-state index is 12.9. The van der Waals surface area contributed by atoms with Gasteiger partial charge >= 0.3 is 12.2 Å². The van der Waals surface area contributed by atoms with Gasteiger partial charge in [0, 0.05) is 18.7 Å². The van der Waals surface area contributed by atoms with Crippen molar-refractivity contribution in [2.75, 3.05) is 13.1 Å². The van der Waals surface area contributed by atoms with Crippen molar-refractivity contribution in [3.63, 3.8) is 0 Å². The molecule has 1 rings (SSSR count). The van der Waals surface area contributed by atoms with E-state index in [9.17, 15) is 13.6 Å². The molecule has 6 heteroatoms. The van der Waals surface area contributed by atoms with Gasteiger partial charge in [0.2, 0.25) is 5.76 Å². The first-order valence-electron chi connectivity index (χ1n) is 6.06. The van der Waals surface area contributed by atoms with E-state index in [4.69, 9.17) is 10.00 Å². The summed E-state index contributed by atoms with van der Waals surface area (Å²) >= 11 is 0. The average molecular weight is 280 g/mol. The van der Waals surface area contributed by atoms with Crippen LogP contribution >= 0.6 is 0 Å². The van der Waals surface area contributed by atoms with Gasteiger partial charge < -0.3 is 9.64 Å². The third kappa shape index (κ3) is 3.79. The quantitative estimate of drug-likeness (QED) is 0.792. The van der Waals surface area contributed by atoms with Gasteiger partial charge in [0.25, 0.3) is 0 Å². The molecule has 0 aliphatic carbocycles. The molecular formula is C14H14F2N2O2. The summed E-state index contributed by atoms with van der Waals surface area (Å²) in [5, 5.41) is 8.66. The minimum atomic E-state index is -2.09. The van der Waals surface area contributed by atoms with Crippen molar-refractivity contribution in [1.29, 1.82) is 5.26 Å². The molecule has 1 aromatic carbocycles. The minimum Gasteiger partial charge on any atom is -0.404 e. The van der Waals surface area contributed by atoms with E-state index in [1.807, 2.05) is 6.07 Å². The van der Waals surface area contributed by atoms with Gasteiger partial charge in [-0.05, 0) is 38.1 Å². The van der Waals surface area contributed by atoms with Crippen LogP contribution in [0.5, 0.6) is 0 Å². The third-order valence-corrected chi connectivity index (χ3v) is 2.66. The Hall–Kier alpha value is -2.42.